The van der Waals surface area contributed by atoms with Crippen LogP contribution in [-0.4, -0.2) is 39.8 Å². The smallest absolute Gasteiger partial charge is 0.251 e. The van der Waals surface area contributed by atoms with Gasteiger partial charge in [-0.05, 0) is 66.8 Å². The standard InChI is InChI=1S/C29H36FN3O4S/c1-5-29(31,18-22-9-7-6-8-10-22)20-37-19-23-15-25(17-27(16-23)33(3)38(4,35)36)28(34)32-21(2)24-11-13-26(30)14-12-24/h6-17,21H,5,18-20,31H2,1-4H3,(H,32,34). The number of benzene rings is 3. The highest BCUT2D eigenvalue weighted by Crippen LogP contribution is 2.23. The van der Waals surface area contributed by atoms with Gasteiger partial charge in [-0.2, -0.15) is 0 Å². The van der Waals surface area contributed by atoms with E-state index < -0.39 is 21.5 Å². The number of nitrogens with two attached hydrogens (primary N) is 1. The summed E-state index contributed by atoms with van der Waals surface area (Å²) in [4.78, 5) is 13.1. The molecule has 1 amide bonds. The molecule has 0 radical (unpaired) electrons. The minimum absolute atomic E-state index is 0.146. The fourth-order valence-corrected chi connectivity index (χ4v) is 4.52. The number of amides is 1. The lowest BCUT2D eigenvalue weighted by Gasteiger charge is -2.28. The fourth-order valence-electron chi connectivity index (χ4n) is 4.03. The first-order chi connectivity index (χ1) is 17.9. The number of hydrogen-bond donors (Lipinski definition) is 2. The normalized spacial score (nSPS) is 13.9. The number of rotatable bonds is 12. The molecule has 0 spiro atoms. The van der Waals surface area contributed by atoms with Gasteiger partial charge in [0.25, 0.3) is 5.91 Å². The van der Waals surface area contributed by atoms with Crippen LogP contribution in [0.4, 0.5) is 10.1 Å². The van der Waals surface area contributed by atoms with Crippen LogP contribution in [0.15, 0.2) is 72.8 Å². The van der Waals surface area contributed by atoms with Crippen molar-refractivity contribution < 1.29 is 22.3 Å². The fraction of sp³-hybridized carbons (Fsp3) is 0.345. The molecule has 7 nitrogen and oxygen atoms in total. The van der Waals surface area contributed by atoms with Crippen LogP contribution >= 0.6 is 0 Å². The average Bonchev–Trinajstić information content (AvgIpc) is 2.88. The molecule has 0 saturated carbocycles. The van der Waals surface area contributed by atoms with E-state index in [1.54, 1.807) is 31.2 Å². The molecule has 0 bridgehead atoms. The maximum atomic E-state index is 13.3. The summed E-state index contributed by atoms with van der Waals surface area (Å²) in [5.74, 6) is -0.751. The molecular weight excluding hydrogens is 505 g/mol. The lowest BCUT2D eigenvalue weighted by atomic mass is 9.90. The first kappa shape index (κ1) is 29.3. The molecule has 38 heavy (non-hydrogen) atoms. The summed E-state index contributed by atoms with van der Waals surface area (Å²) in [6.45, 7) is 4.24. The largest absolute Gasteiger partial charge is 0.375 e. The summed E-state index contributed by atoms with van der Waals surface area (Å²) in [5.41, 5.74) is 9.16. The van der Waals surface area contributed by atoms with Gasteiger partial charge in [0.15, 0.2) is 0 Å². The average molecular weight is 542 g/mol. The quantitative estimate of drug-likeness (QED) is 0.350. The van der Waals surface area contributed by atoms with E-state index in [2.05, 4.69) is 5.32 Å². The number of nitrogens with zero attached hydrogens (tertiary/aromatic N) is 1. The monoisotopic (exact) mass is 541 g/mol. The molecule has 0 heterocycles. The molecule has 3 N–H and O–H groups in total. The third kappa shape index (κ3) is 8.11. The van der Waals surface area contributed by atoms with E-state index in [1.165, 1.54) is 25.2 Å². The number of halogens is 1. The van der Waals surface area contributed by atoms with Crippen LogP contribution in [0.2, 0.25) is 0 Å². The summed E-state index contributed by atoms with van der Waals surface area (Å²) < 4.78 is 44.8. The second-order valence-electron chi connectivity index (χ2n) is 9.74. The molecule has 0 aliphatic heterocycles. The highest BCUT2D eigenvalue weighted by Gasteiger charge is 2.24. The zero-order chi connectivity index (χ0) is 27.9. The van der Waals surface area contributed by atoms with E-state index >= 15 is 0 Å². The van der Waals surface area contributed by atoms with Gasteiger partial charge in [0.2, 0.25) is 10.0 Å². The van der Waals surface area contributed by atoms with Crippen LogP contribution < -0.4 is 15.4 Å². The molecule has 0 saturated heterocycles. The molecule has 2 unspecified atom stereocenters. The van der Waals surface area contributed by atoms with Crippen molar-refractivity contribution in [2.75, 3.05) is 24.2 Å². The third-order valence-electron chi connectivity index (χ3n) is 6.58. The topological polar surface area (TPSA) is 102 Å². The van der Waals surface area contributed by atoms with Crippen molar-refractivity contribution in [3.05, 3.63) is 101 Å². The number of nitrogens with one attached hydrogen (secondary N) is 1. The van der Waals surface area contributed by atoms with Gasteiger partial charge < -0.3 is 15.8 Å². The second-order valence-corrected chi connectivity index (χ2v) is 11.8. The number of ether oxygens (including phenoxy) is 1. The molecule has 9 heteroatoms. The van der Waals surface area contributed by atoms with Gasteiger partial charge in [0, 0.05) is 18.2 Å². The Morgan fingerprint density at radius 2 is 1.74 bits per heavy atom. The van der Waals surface area contributed by atoms with E-state index in [0.29, 0.717) is 24.1 Å². The summed E-state index contributed by atoms with van der Waals surface area (Å²) in [6.07, 6.45) is 2.45. The minimum atomic E-state index is -3.56. The Balaban J connectivity index is 1.79. The lowest BCUT2D eigenvalue weighted by molar-refractivity contribution is 0.0710. The number of sulfonamides is 1. The molecule has 0 aliphatic rings. The first-order valence-corrected chi connectivity index (χ1v) is 14.3. The van der Waals surface area contributed by atoms with Crippen LogP contribution in [0.25, 0.3) is 0 Å². The molecule has 3 aromatic carbocycles. The third-order valence-corrected chi connectivity index (χ3v) is 7.79. The van der Waals surface area contributed by atoms with E-state index in [1.807, 2.05) is 37.3 Å². The van der Waals surface area contributed by atoms with Crippen molar-refractivity contribution in [1.82, 2.24) is 5.32 Å². The zero-order valence-corrected chi connectivity index (χ0v) is 23.1. The Morgan fingerprint density at radius 3 is 2.34 bits per heavy atom. The summed E-state index contributed by atoms with van der Waals surface area (Å²) in [7, 11) is -2.13. The van der Waals surface area contributed by atoms with Gasteiger partial charge >= 0.3 is 0 Å². The lowest BCUT2D eigenvalue weighted by Crippen LogP contribution is -2.46. The van der Waals surface area contributed by atoms with E-state index in [9.17, 15) is 17.6 Å². The molecule has 0 fully saturated rings. The van der Waals surface area contributed by atoms with Gasteiger partial charge in [0.05, 0.1) is 31.2 Å². The molecule has 3 rings (SSSR count). The summed E-state index contributed by atoms with van der Waals surface area (Å²) in [6, 6.07) is 20.3. The Morgan fingerprint density at radius 1 is 1.08 bits per heavy atom. The van der Waals surface area contributed by atoms with E-state index in [-0.39, 0.29) is 30.6 Å². The second kappa shape index (κ2) is 12.5. The Hall–Kier alpha value is -3.27. The van der Waals surface area contributed by atoms with Crippen molar-refractivity contribution in [2.45, 2.75) is 44.9 Å². The van der Waals surface area contributed by atoms with E-state index in [0.717, 1.165) is 21.7 Å². The van der Waals surface area contributed by atoms with Gasteiger partial charge in [-0.15, -0.1) is 0 Å². The highest BCUT2D eigenvalue weighted by atomic mass is 32.2. The zero-order valence-electron chi connectivity index (χ0n) is 22.3. The van der Waals surface area contributed by atoms with Crippen molar-refractivity contribution in [3.63, 3.8) is 0 Å². The summed E-state index contributed by atoms with van der Waals surface area (Å²) >= 11 is 0. The molecule has 204 valence electrons. The predicted molar refractivity (Wildman–Crippen MR) is 149 cm³/mol. The van der Waals surface area contributed by atoms with Crippen LogP contribution in [0.3, 0.4) is 0 Å². The number of hydrogen-bond acceptors (Lipinski definition) is 5. The number of carbonyl (C=O) groups is 1. The Bertz CT molecular complexity index is 1330. The maximum Gasteiger partial charge on any atom is 0.251 e. The molecular formula is C29H36FN3O4S. The highest BCUT2D eigenvalue weighted by molar-refractivity contribution is 7.92. The van der Waals surface area contributed by atoms with Gasteiger partial charge in [-0.1, -0.05) is 49.4 Å². The first-order valence-electron chi connectivity index (χ1n) is 12.4. The van der Waals surface area contributed by atoms with Crippen molar-refractivity contribution in [2.24, 2.45) is 5.73 Å². The van der Waals surface area contributed by atoms with Crippen molar-refractivity contribution in [1.29, 1.82) is 0 Å². The van der Waals surface area contributed by atoms with Crippen LogP contribution in [-0.2, 0) is 27.8 Å². The van der Waals surface area contributed by atoms with Crippen LogP contribution in [0.1, 0.15) is 53.4 Å². The Labute approximate surface area is 224 Å². The van der Waals surface area contributed by atoms with Gasteiger partial charge in [-0.25, -0.2) is 12.8 Å². The van der Waals surface area contributed by atoms with Crippen molar-refractivity contribution >= 4 is 21.6 Å². The van der Waals surface area contributed by atoms with Crippen LogP contribution in [0.5, 0.6) is 0 Å². The minimum Gasteiger partial charge on any atom is -0.375 e. The predicted octanol–water partition coefficient (Wildman–Crippen LogP) is 4.58. The molecule has 0 aliphatic carbocycles. The van der Waals surface area contributed by atoms with Crippen LogP contribution in [0, 0.1) is 5.82 Å². The molecule has 3 aromatic rings. The molecule has 0 aromatic heterocycles. The number of anilines is 1. The maximum absolute atomic E-state index is 13.3. The molecule has 2 atom stereocenters. The van der Waals surface area contributed by atoms with Crippen molar-refractivity contribution in [3.8, 4) is 0 Å². The van der Waals surface area contributed by atoms with E-state index in [4.69, 9.17) is 10.5 Å². The Kier molecular flexibility index (Phi) is 9.65. The SMILES string of the molecule is CCC(N)(COCc1cc(C(=O)NC(C)c2ccc(F)cc2)cc(N(C)S(C)(=O)=O)c1)Cc1ccccc1. The van der Waals surface area contributed by atoms with Gasteiger partial charge in [-0.3, -0.25) is 9.10 Å². The summed E-state index contributed by atoms with van der Waals surface area (Å²) in [5, 5.41) is 2.89. The van der Waals surface area contributed by atoms with Gasteiger partial charge in [0.1, 0.15) is 5.82 Å². The number of carbonyl (C=O) groups excluding carboxylic acids is 1.